The second kappa shape index (κ2) is 8.80. The highest BCUT2D eigenvalue weighted by atomic mass is 19.4. The lowest BCUT2D eigenvalue weighted by Crippen LogP contribution is -2.25. The minimum Gasteiger partial charge on any atom is -0.323 e. The van der Waals surface area contributed by atoms with E-state index in [9.17, 15) is 31.1 Å². The SMILES string of the molecule is CC(Cn1nc(C(F)(F)F)cc1C1CC1)C(=O)Nc1cnn(Cc2cccc(C(F)(F)F)c2)c1. The summed E-state index contributed by atoms with van der Waals surface area (Å²) >= 11 is 0. The Morgan fingerprint density at radius 2 is 1.88 bits per heavy atom. The van der Waals surface area contributed by atoms with Gasteiger partial charge in [0.05, 0.1) is 36.5 Å². The fraction of sp³-hybridized carbons (Fsp3) is 0.409. The molecule has 34 heavy (non-hydrogen) atoms. The second-order valence-electron chi connectivity index (χ2n) is 8.42. The van der Waals surface area contributed by atoms with Crippen molar-refractivity contribution in [1.82, 2.24) is 19.6 Å². The molecule has 1 unspecified atom stereocenters. The number of hydrogen-bond donors (Lipinski definition) is 1. The molecule has 1 aliphatic rings. The summed E-state index contributed by atoms with van der Waals surface area (Å²) in [6, 6.07) is 5.89. The van der Waals surface area contributed by atoms with E-state index in [1.165, 1.54) is 33.9 Å². The van der Waals surface area contributed by atoms with Crippen molar-refractivity contribution in [2.45, 2.75) is 51.1 Å². The van der Waals surface area contributed by atoms with Gasteiger partial charge in [0.15, 0.2) is 5.69 Å². The maximum atomic E-state index is 13.1. The molecule has 6 nitrogen and oxygen atoms in total. The van der Waals surface area contributed by atoms with Crippen molar-refractivity contribution >= 4 is 11.6 Å². The summed E-state index contributed by atoms with van der Waals surface area (Å²) < 4.78 is 80.5. The number of carbonyl (C=O) groups excluding carboxylic acids is 1. The van der Waals surface area contributed by atoms with Crippen LogP contribution in [0.1, 0.15) is 48.2 Å². The average Bonchev–Trinajstić information content (AvgIpc) is 3.35. The lowest BCUT2D eigenvalue weighted by atomic mass is 10.1. The third kappa shape index (κ3) is 5.60. The first-order valence-electron chi connectivity index (χ1n) is 10.5. The molecule has 1 atom stereocenters. The first kappa shape index (κ1) is 23.8. The molecule has 1 amide bonds. The van der Waals surface area contributed by atoms with Gasteiger partial charge in [-0.15, -0.1) is 0 Å². The summed E-state index contributed by atoms with van der Waals surface area (Å²) in [5.41, 5.74) is -0.560. The summed E-state index contributed by atoms with van der Waals surface area (Å²) in [4.78, 5) is 12.6. The number of anilines is 1. The third-order valence-corrected chi connectivity index (χ3v) is 5.49. The van der Waals surface area contributed by atoms with Gasteiger partial charge in [0.1, 0.15) is 0 Å². The Morgan fingerprint density at radius 3 is 2.53 bits per heavy atom. The van der Waals surface area contributed by atoms with E-state index in [1.54, 1.807) is 6.92 Å². The van der Waals surface area contributed by atoms with Gasteiger partial charge in [0, 0.05) is 17.8 Å². The number of carbonyl (C=O) groups is 1. The van der Waals surface area contributed by atoms with Crippen molar-refractivity contribution in [1.29, 1.82) is 0 Å². The van der Waals surface area contributed by atoms with Crippen molar-refractivity contribution in [3.05, 3.63) is 65.2 Å². The van der Waals surface area contributed by atoms with Gasteiger partial charge in [-0.1, -0.05) is 19.1 Å². The topological polar surface area (TPSA) is 64.7 Å². The van der Waals surface area contributed by atoms with E-state index in [1.807, 2.05) is 0 Å². The van der Waals surface area contributed by atoms with E-state index in [0.29, 0.717) is 16.9 Å². The Kier molecular flexibility index (Phi) is 6.17. The molecule has 4 rings (SSSR count). The maximum Gasteiger partial charge on any atom is 0.435 e. The molecular weight excluding hydrogens is 464 g/mol. The monoisotopic (exact) mass is 485 g/mol. The maximum absolute atomic E-state index is 13.1. The van der Waals surface area contributed by atoms with Crippen molar-refractivity contribution < 1.29 is 31.1 Å². The normalized spacial score (nSPS) is 15.4. The molecule has 182 valence electrons. The zero-order valence-corrected chi connectivity index (χ0v) is 18.0. The Morgan fingerprint density at radius 1 is 1.15 bits per heavy atom. The van der Waals surface area contributed by atoms with Gasteiger partial charge >= 0.3 is 12.4 Å². The highest BCUT2D eigenvalue weighted by Gasteiger charge is 2.38. The number of amides is 1. The van der Waals surface area contributed by atoms with E-state index < -0.39 is 35.4 Å². The smallest absolute Gasteiger partial charge is 0.323 e. The second-order valence-corrected chi connectivity index (χ2v) is 8.42. The van der Waals surface area contributed by atoms with Crippen LogP contribution in [0.5, 0.6) is 0 Å². The number of alkyl halides is 6. The van der Waals surface area contributed by atoms with Crippen LogP contribution in [0, 0.1) is 5.92 Å². The van der Waals surface area contributed by atoms with Crippen LogP contribution in [0.2, 0.25) is 0 Å². The zero-order chi connectivity index (χ0) is 24.7. The minimum atomic E-state index is -4.56. The number of aromatic nitrogens is 4. The molecule has 1 aromatic carbocycles. The van der Waals surface area contributed by atoms with Gasteiger partial charge in [-0.3, -0.25) is 14.2 Å². The van der Waals surface area contributed by atoms with E-state index in [2.05, 4.69) is 15.5 Å². The van der Waals surface area contributed by atoms with Crippen molar-refractivity contribution in [3.63, 3.8) is 0 Å². The average molecular weight is 485 g/mol. The van der Waals surface area contributed by atoms with Gasteiger partial charge in [-0.2, -0.15) is 36.5 Å². The van der Waals surface area contributed by atoms with Gasteiger partial charge < -0.3 is 5.32 Å². The minimum absolute atomic E-state index is 0.0212. The molecule has 1 N–H and O–H groups in total. The predicted molar refractivity (Wildman–Crippen MR) is 110 cm³/mol. The molecular formula is C22H21F6N5O. The number of rotatable bonds is 7. The van der Waals surface area contributed by atoms with Gasteiger partial charge in [-0.25, -0.2) is 0 Å². The molecule has 1 saturated carbocycles. The molecule has 0 spiro atoms. The molecule has 3 aromatic rings. The molecule has 2 heterocycles. The van der Waals surface area contributed by atoms with E-state index in [-0.39, 0.29) is 19.0 Å². The highest BCUT2D eigenvalue weighted by Crippen LogP contribution is 2.42. The fourth-order valence-electron chi connectivity index (χ4n) is 3.58. The lowest BCUT2D eigenvalue weighted by Gasteiger charge is -2.13. The first-order valence-corrected chi connectivity index (χ1v) is 10.5. The summed E-state index contributed by atoms with van der Waals surface area (Å²) in [7, 11) is 0. The van der Waals surface area contributed by atoms with Crippen LogP contribution in [0.3, 0.4) is 0 Å². The van der Waals surface area contributed by atoms with Gasteiger partial charge in [0.25, 0.3) is 0 Å². The number of nitrogens with one attached hydrogen (secondary N) is 1. The number of nitrogens with zero attached hydrogens (tertiary/aromatic N) is 4. The van der Waals surface area contributed by atoms with Crippen LogP contribution >= 0.6 is 0 Å². The van der Waals surface area contributed by atoms with E-state index in [4.69, 9.17) is 0 Å². The number of benzene rings is 1. The Hall–Kier alpha value is -3.31. The van der Waals surface area contributed by atoms with Crippen LogP contribution < -0.4 is 5.32 Å². The molecule has 2 aromatic heterocycles. The molecule has 0 saturated heterocycles. The zero-order valence-electron chi connectivity index (χ0n) is 18.0. The van der Waals surface area contributed by atoms with Crippen molar-refractivity contribution in [2.75, 3.05) is 5.32 Å². The van der Waals surface area contributed by atoms with Gasteiger partial charge in [0.2, 0.25) is 5.91 Å². The first-order chi connectivity index (χ1) is 15.9. The van der Waals surface area contributed by atoms with Gasteiger partial charge in [-0.05, 0) is 36.6 Å². The summed E-state index contributed by atoms with van der Waals surface area (Å²) in [6.07, 6.45) is -4.62. The Bertz CT molecular complexity index is 1180. The Labute approximate surface area is 190 Å². The largest absolute Gasteiger partial charge is 0.435 e. The number of hydrogen-bond acceptors (Lipinski definition) is 3. The quantitative estimate of drug-likeness (QED) is 0.461. The molecule has 0 bridgehead atoms. The van der Waals surface area contributed by atoms with Crippen LogP contribution in [0.4, 0.5) is 32.0 Å². The predicted octanol–water partition coefficient (Wildman–Crippen LogP) is 5.32. The summed E-state index contributed by atoms with van der Waals surface area (Å²) in [5.74, 6) is -1.11. The lowest BCUT2D eigenvalue weighted by molar-refractivity contribution is -0.141. The fourth-order valence-corrected chi connectivity index (χ4v) is 3.58. The summed E-state index contributed by atoms with van der Waals surface area (Å²) in [6.45, 7) is 1.62. The van der Waals surface area contributed by atoms with Crippen LogP contribution in [-0.4, -0.2) is 25.5 Å². The molecule has 0 aliphatic heterocycles. The standard InChI is InChI=1S/C22H21F6N5O/c1-13(10-33-18(15-5-6-15)8-19(31-33)22(26,27)28)20(34)30-17-9-29-32(12-17)11-14-3-2-4-16(7-14)21(23,24)25/h2-4,7-9,12-13,15H,5-6,10-11H2,1H3,(H,30,34). The number of halogens is 6. The molecule has 1 aliphatic carbocycles. The van der Waals surface area contributed by atoms with E-state index in [0.717, 1.165) is 31.0 Å². The van der Waals surface area contributed by atoms with Crippen LogP contribution in [-0.2, 0) is 30.2 Å². The molecule has 0 radical (unpaired) electrons. The van der Waals surface area contributed by atoms with Crippen molar-refractivity contribution in [3.8, 4) is 0 Å². The summed E-state index contributed by atoms with van der Waals surface area (Å²) in [5, 5.41) is 10.4. The highest BCUT2D eigenvalue weighted by molar-refractivity contribution is 5.92. The molecule has 12 heteroatoms. The van der Waals surface area contributed by atoms with Crippen molar-refractivity contribution in [2.24, 2.45) is 5.92 Å². The third-order valence-electron chi connectivity index (χ3n) is 5.49. The Balaban J connectivity index is 1.39. The van der Waals surface area contributed by atoms with E-state index >= 15 is 0 Å². The van der Waals surface area contributed by atoms with Crippen LogP contribution in [0.15, 0.2) is 42.7 Å². The van der Waals surface area contributed by atoms with Crippen LogP contribution in [0.25, 0.3) is 0 Å². The molecule has 1 fully saturated rings.